The third kappa shape index (κ3) is 2.67. The van der Waals surface area contributed by atoms with Crippen LogP contribution in [-0.4, -0.2) is 18.1 Å². The van der Waals surface area contributed by atoms with Gasteiger partial charge in [0.25, 0.3) is 5.88 Å². The Morgan fingerprint density at radius 2 is 2.29 bits per heavy atom. The molecule has 0 fully saturated rings. The summed E-state index contributed by atoms with van der Waals surface area (Å²) in [5.41, 5.74) is 0.588. The summed E-state index contributed by atoms with van der Waals surface area (Å²) in [5, 5.41) is 3.05. The van der Waals surface area contributed by atoms with Gasteiger partial charge in [0.1, 0.15) is 0 Å². The summed E-state index contributed by atoms with van der Waals surface area (Å²) in [6.07, 6.45) is 1.56. The van der Waals surface area contributed by atoms with Crippen molar-refractivity contribution in [3.05, 3.63) is 23.6 Å². The monoisotopic (exact) mass is 198 g/mol. The Morgan fingerprint density at radius 1 is 1.50 bits per heavy atom. The summed E-state index contributed by atoms with van der Waals surface area (Å²) >= 11 is 0. The highest BCUT2D eigenvalue weighted by atomic mass is 19.1. The van der Waals surface area contributed by atoms with Gasteiger partial charge in [-0.2, -0.15) is 0 Å². The van der Waals surface area contributed by atoms with Gasteiger partial charge in [0.05, 0.1) is 6.61 Å². The highest BCUT2D eigenvalue weighted by Gasteiger charge is 2.09. The standard InChI is InChI=1S/C10H15FN2O/c1-3-12-7-8-5-6-13-10(9(8)11)14-4-2/h5-6,12H,3-4,7H2,1-2H3. The fraction of sp³-hybridized carbons (Fsp3) is 0.500. The molecule has 1 N–H and O–H groups in total. The maximum Gasteiger partial charge on any atom is 0.250 e. The maximum atomic E-state index is 13.6. The molecule has 0 aromatic carbocycles. The topological polar surface area (TPSA) is 34.2 Å². The van der Waals surface area contributed by atoms with Crippen LogP contribution in [0.25, 0.3) is 0 Å². The van der Waals surface area contributed by atoms with E-state index in [0.717, 1.165) is 6.54 Å². The van der Waals surface area contributed by atoms with E-state index in [1.807, 2.05) is 6.92 Å². The van der Waals surface area contributed by atoms with Crippen LogP contribution in [0.3, 0.4) is 0 Å². The zero-order chi connectivity index (χ0) is 10.4. The molecule has 0 saturated heterocycles. The summed E-state index contributed by atoms with van der Waals surface area (Å²) in [5.74, 6) is -0.279. The Morgan fingerprint density at radius 3 is 2.93 bits per heavy atom. The molecular weight excluding hydrogens is 183 g/mol. The lowest BCUT2D eigenvalue weighted by atomic mass is 10.2. The van der Waals surface area contributed by atoms with Crippen molar-refractivity contribution < 1.29 is 9.13 Å². The quantitative estimate of drug-likeness (QED) is 0.782. The first-order valence-electron chi connectivity index (χ1n) is 4.76. The van der Waals surface area contributed by atoms with Crippen LogP contribution in [0, 0.1) is 5.82 Å². The van der Waals surface area contributed by atoms with E-state index in [0.29, 0.717) is 18.7 Å². The molecule has 0 saturated carbocycles. The van der Waals surface area contributed by atoms with E-state index in [4.69, 9.17) is 4.74 Å². The van der Waals surface area contributed by atoms with Crippen molar-refractivity contribution in [2.24, 2.45) is 0 Å². The smallest absolute Gasteiger partial charge is 0.250 e. The summed E-state index contributed by atoms with van der Waals surface area (Å²) in [7, 11) is 0. The minimum atomic E-state index is -0.365. The van der Waals surface area contributed by atoms with Gasteiger partial charge in [-0.05, 0) is 19.5 Å². The van der Waals surface area contributed by atoms with E-state index in [9.17, 15) is 4.39 Å². The number of nitrogens with one attached hydrogen (secondary N) is 1. The second kappa shape index (κ2) is 5.54. The van der Waals surface area contributed by atoms with Crippen molar-refractivity contribution in [1.29, 1.82) is 0 Å². The summed E-state index contributed by atoms with van der Waals surface area (Å²) in [4.78, 5) is 3.81. The van der Waals surface area contributed by atoms with Gasteiger partial charge in [-0.25, -0.2) is 9.37 Å². The van der Waals surface area contributed by atoms with Gasteiger partial charge in [-0.3, -0.25) is 0 Å². The van der Waals surface area contributed by atoms with Crippen LogP contribution in [-0.2, 0) is 6.54 Å². The molecule has 0 spiro atoms. The molecule has 1 aromatic rings. The second-order valence-electron chi connectivity index (χ2n) is 2.80. The Kier molecular flexibility index (Phi) is 4.32. The van der Waals surface area contributed by atoms with Crippen LogP contribution >= 0.6 is 0 Å². The largest absolute Gasteiger partial charge is 0.476 e. The molecule has 1 rings (SSSR count). The molecule has 0 atom stereocenters. The van der Waals surface area contributed by atoms with Gasteiger partial charge in [0.15, 0.2) is 5.82 Å². The van der Waals surface area contributed by atoms with Gasteiger partial charge in [-0.1, -0.05) is 6.92 Å². The summed E-state index contributed by atoms with van der Waals surface area (Å²) in [6.45, 7) is 5.52. The van der Waals surface area contributed by atoms with Crippen LogP contribution in [0.2, 0.25) is 0 Å². The van der Waals surface area contributed by atoms with E-state index in [2.05, 4.69) is 10.3 Å². The van der Waals surface area contributed by atoms with Crippen molar-refractivity contribution in [2.45, 2.75) is 20.4 Å². The lowest BCUT2D eigenvalue weighted by Crippen LogP contribution is -2.13. The lowest BCUT2D eigenvalue weighted by Gasteiger charge is -2.07. The molecule has 3 nitrogen and oxygen atoms in total. The molecule has 0 aliphatic heterocycles. The number of ether oxygens (including phenoxy) is 1. The molecular formula is C10H15FN2O. The van der Waals surface area contributed by atoms with Gasteiger partial charge in [0, 0.05) is 18.3 Å². The molecule has 4 heteroatoms. The minimum absolute atomic E-state index is 0.0860. The van der Waals surface area contributed by atoms with Gasteiger partial charge in [-0.15, -0.1) is 0 Å². The van der Waals surface area contributed by atoms with Crippen LogP contribution in [0.5, 0.6) is 5.88 Å². The molecule has 1 aromatic heterocycles. The van der Waals surface area contributed by atoms with Crippen molar-refractivity contribution in [2.75, 3.05) is 13.2 Å². The number of aromatic nitrogens is 1. The number of hydrogen-bond acceptors (Lipinski definition) is 3. The molecule has 0 aliphatic carbocycles. The number of rotatable bonds is 5. The molecule has 0 unspecified atom stereocenters. The molecule has 0 aliphatic rings. The SMILES string of the molecule is CCNCc1ccnc(OCC)c1F. The van der Waals surface area contributed by atoms with E-state index in [-0.39, 0.29) is 11.7 Å². The number of halogens is 1. The zero-order valence-corrected chi connectivity index (χ0v) is 8.51. The molecule has 78 valence electrons. The second-order valence-corrected chi connectivity index (χ2v) is 2.80. The molecule has 0 bridgehead atoms. The van der Waals surface area contributed by atoms with Crippen molar-refractivity contribution in [3.8, 4) is 5.88 Å². The van der Waals surface area contributed by atoms with Crippen LogP contribution < -0.4 is 10.1 Å². The predicted molar refractivity (Wildman–Crippen MR) is 52.7 cm³/mol. The van der Waals surface area contributed by atoms with Crippen molar-refractivity contribution in [3.63, 3.8) is 0 Å². The first-order valence-corrected chi connectivity index (χ1v) is 4.76. The Bertz CT molecular complexity index is 291. The number of pyridine rings is 1. The Balaban J connectivity index is 2.78. The average molecular weight is 198 g/mol. The van der Waals surface area contributed by atoms with Crippen LogP contribution in [0.1, 0.15) is 19.4 Å². The highest BCUT2D eigenvalue weighted by molar-refractivity contribution is 5.23. The van der Waals surface area contributed by atoms with E-state index < -0.39 is 0 Å². The van der Waals surface area contributed by atoms with E-state index in [1.165, 1.54) is 0 Å². The first kappa shape index (κ1) is 10.9. The third-order valence-electron chi connectivity index (χ3n) is 1.78. The number of nitrogens with zero attached hydrogens (tertiary/aromatic N) is 1. The summed E-state index contributed by atoms with van der Waals surface area (Å²) < 4.78 is 18.6. The minimum Gasteiger partial charge on any atom is -0.476 e. The van der Waals surface area contributed by atoms with Crippen LogP contribution in [0.15, 0.2) is 12.3 Å². The van der Waals surface area contributed by atoms with Crippen molar-refractivity contribution >= 4 is 0 Å². The van der Waals surface area contributed by atoms with Gasteiger partial charge >= 0.3 is 0 Å². The highest BCUT2D eigenvalue weighted by Crippen LogP contribution is 2.16. The van der Waals surface area contributed by atoms with E-state index in [1.54, 1.807) is 19.2 Å². The van der Waals surface area contributed by atoms with Gasteiger partial charge in [0.2, 0.25) is 0 Å². The van der Waals surface area contributed by atoms with Gasteiger partial charge < -0.3 is 10.1 Å². The molecule has 1 heterocycles. The lowest BCUT2D eigenvalue weighted by molar-refractivity contribution is 0.305. The predicted octanol–water partition coefficient (Wildman–Crippen LogP) is 1.73. The maximum absolute atomic E-state index is 13.6. The van der Waals surface area contributed by atoms with Crippen molar-refractivity contribution in [1.82, 2.24) is 10.3 Å². The van der Waals surface area contributed by atoms with E-state index >= 15 is 0 Å². The average Bonchev–Trinajstić information content (AvgIpc) is 2.20. The molecule has 0 radical (unpaired) electrons. The first-order chi connectivity index (χ1) is 6.79. The fourth-order valence-electron chi connectivity index (χ4n) is 1.10. The normalized spacial score (nSPS) is 10.2. The number of hydrogen-bond donors (Lipinski definition) is 1. The summed E-state index contributed by atoms with van der Waals surface area (Å²) in [6, 6.07) is 1.65. The Labute approximate surface area is 83.3 Å². The molecule has 0 amide bonds. The van der Waals surface area contributed by atoms with Crippen LogP contribution in [0.4, 0.5) is 4.39 Å². The fourth-order valence-corrected chi connectivity index (χ4v) is 1.10. The molecule has 14 heavy (non-hydrogen) atoms. The third-order valence-corrected chi connectivity index (χ3v) is 1.78. The zero-order valence-electron chi connectivity index (χ0n) is 8.51. The Hall–Kier alpha value is -1.16.